The lowest BCUT2D eigenvalue weighted by molar-refractivity contribution is -0.159. The summed E-state index contributed by atoms with van der Waals surface area (Å²) in [5.41, 5.74) is -0.221. The average molecular weight is 675 g/mol. The lowest BCUT2D eigenvalue weighted by atomic mass is 9.93. The molecule has 0 aliphatic heterocycles. The van der Waals surface area contributed by atoms with Crippen LogP contribution in [0.1, 0.15) is 86.3 Å². The van der Waals surface area contributed by atoms with Crippen molar-refractivity contribution in [3.8, 4) is 0 Å². The Bertz CT molecular complexity index is 1490. The maximum Gasteiger partial charge on any atom is 0.434 e. The molecule has 0 bridgehead atoms. The van der Waals surface area contributed by atoms with E-state index in [2.05, 4.69) is 10.3 Å². The molecule has 0 fully saturated rings. The predicted molar refractivity (Wildman–Crippen MR) is 181 cm³/mol. The number of ether oxygens (including phenoxy) is 3. The molecule has 0 heterocycles. The van der Waals surface area contributed by atoms with Gasteiger partial charge in [-0.25, -0.2) is 9.59 Å². The molecule has 47 heavy (non-hydrogen) atoms. The number of benzene rings is 2. The topological polar surface area (TPSA) is 147 Å². The van der Waals surface area contributed by atoms with Crippen molar-refractivity contribution < 1.29 is 41.2 Å². The Morgan fingerprint density at radius 1 is 0.787 bits per heavy atom. The minimum absolute atomic E-state index is 0.0176. The molecular weight excluding hydrogens is 624 g/mol. The Labute approximate surface area is 279 Å². The number of aliphatic imine (C=N–C) groups is 1. The minimum atomic E-state index is -3.82. The molecule has 1 N–H and O–H groups in total. The number of hydrogen-bond acceptors (Lipinski definition) is 10. The average Bonchev–Trinajstić information content (AvgIpc) is 2.90. The van der Waals surface area contributed by atoms with Crippen LogP contribution in [0, 0.1) is 12.8 Å². The number of carbonyl (C=O) groups excluding carboxylic acids is 3. The van der Waals surface area contributed by atoms with E-state index in [-0.39, 0.29) is 30.1 Å². The number of nitrogens with zero attached hydrogens (tertiary/aromatic N) is 1. The molecule has 0 spiro atoms. The quantitative estimate of drug-likeness (QED) is 0.0790. The second-order valence-electron chi connectivity index (χ2n) is 14.2. The van der Waals surface area contributed by atoms with Gasteiger partial charge in [-0.15, -0.1) is 0 Å². The summed E-state index contributed by atoms with van der Waals surface area (Å²) in [7, 11) is -3.82. The van der Waals surface area contributed by atoms with Gasteiger partial charge in [-0.05, 0) is 112 Å². The second kappa shape index (κ2) is 16.4. The fraction of sp³-hybridized carbons (Fsp3) is 0.543. The molecule has 1 amide bonds. The fourth-order valence-corrected chi connectivity index (χ4v) is 5.00. The molecule has 0 radical (unpaired) electrons. The number of hydrogen-bond donors (Lipinski definition) is 1. The van der Waals surface area contributed by atoms with E-state index in [1.807, 2.05) is 31.2 Å². The Kier molecular flexibility index (Phi) is 13.7. The Morgan fingerprint density at radius 3 is 1.87 bits per heavy atom. The van der Waals surface area contributed by atoms with Gasteiger partial charge in [-0.1, -0.05) is 29.8 Å². The molecule has 1 atom stereocenters. The van der Waals surface area contributed by atoms with E-state index in [1.165, 1.54) is 12.1 Å². The van der Waals surface area contributed by atoms with Crippen molar-refractivity contribution in [2.24, 2.45) is 10.9 Å². The Hall–Kier alpha value is -3.77. The third kappa shape index (κ3) is 15.6. The number of rotatable bonds is 13. The summed E-state index contributed by atoms with van der Waals surface area (Å²) in [5.74, 6) is -2.25. The first-order chi connectivity index (χ1) is 21.5. The molecule has 0 unspecified atom stereocenters. The Balaban J connectivity index is 2.14. The largest absolute Gasteiger partial charge is 0.460 e. The van der Waals surface area contributed by atoms with Crippen molar-refractivity contribution in [2.45, 2.75) is 110 Å². The highest BCUT2D eigenvalue weighted by Crippen LogP contribution is 2.22. The standard InChI is InChI=1S/C35H50N2O9S/c1-24-12-18-28(19-13-24)47(41,42)43-21-11-20-36-27-16-14-25(15-17-27)22-26(30(38)44-33(2,3)4)23-29(31(39)45-34(5,6)7)37-32(40)46-35(8,9)10/h12-19,26,36H,11,20-23H2,1-10H3/t26-/m0/s1. The third-order valence-electron chi connectivity index (χ3n) is 6.07. The van der Waals surface area contributed by atoms with Crippen molar-refractivity contribution in [3.63, 3.8) is 0 Å². The van der Waals surface area contributed by atoms with Crippen LogP contribution in [0.3, 0.4) is 0 Å². The van der Waals surface area contributed by atoms with Crippen LogP contribution < -0.4 is 5.32 Å². The van der Waals surface area contributed by atoms with Crippen molar-refractivity contribution in [2.75, 3.05) is 18.5 Å². The van der Waals surface area contributed by atoms with Crippen LogP contribution in [0.5, 0.6) is 0 Å². The van der Waals surface area contributed by atoms with E-state index >= 15 is 0 Å². The van der Waals surface area contributed by atoms with Gasteiger partial charge in [0.05, 0.1) is 17.4 Å². The van der Waals surface area contributed by atoms with E-state index in [0.29, 0.717) is 13.0 Å². The summed E-state index contributed by atoms with van der Waals surface area (Å²) >= 11 is 0. The van der Waals surface area contributed by atoms with Crippen LogP contribution in [-0.4, -0.2) is 62.1 Å². The number of carbonyl (C=O) groups is 3. The van der Waals surface area contributed by atoms with E-state index < -0.39 is 50.9 Å². The summed E-state index contributed by atoms with van der Waals surface area (Å²) in [6.45, 7) is 17.7. The molecule has 0 aromatic heterocycles. The highest BCUT2D eigenvalue weighted by Gasteiger charge is 2.32. The molecule has 12 heteroatoms. The first kappa shape index (κ1) is 39.4. The van der Waals surface area contributed by atoms with Gasteiger partial charge in [0.2, 0.25) is 0 Å². The van der Waals surface area contributed by atoms with Crippen molar-refractivity contribution >= 4 is 39.5 Å². The summed E-state index contributed by atoms with van der Waals surface area (Å²) in [4.78, 5) is 43.1. The maximum atomic E-state index is 13.4. The lowest BCUT2D eigenvalue weighted by Gasteiger charge is -2.25. The van der Waals surface area contributed by atoms with Gasteiger partial charge in [0.15, 0.2) is 0 Å². The second-order valence-corrected chi connectivity index (χ2v) is 15.9. The Morgan fingerprint density at radius 2 is 1.34 bits per heavy atom. The number of esters is 2. The normalized spacial score (nSPS) is 13.4. The van der Waals surface area contributed by atoms with E-state index in [0.717, 1.165) is 16.8 Å². The van der Waals surface area contributed by atoms with E-state index in [4.69, 9.17) is 18.4 Å². The molecule has 260 valence electrons. The summed E-state index contributed by atoms with van der Waals surface area (Å²) in [6, 6.07) is 13.8. The maximum absolute atomic E-state index is 13.4. The molecule has 0 saturated heterocycles. The smallest absolute Gasteiger partial charge is 0.434 e. The molecule has 0 aliphatic carbocycles. The van der Waals surface area contributed by atoms with Crippen LogP contribution in [-0.2, 0) is 44.5 Å². The molecular formula is C35H50N2O9S. The van der Waals surface area contributed by atoms with Gasteiger partial charge >= 0.3 is 18.0 Å². The highest BCUT2D eigenvalue weighted by atomic mass is 32.2. The first-order valence-corrected chi connectivity index (χ1v) is 17.0. The van der Waals surface area contributed by atoms with E-state index in [1.54, 1.807) is 74.4 Å². The number of nitrogens with one attached hydrogen (secondary N) is 1. The van der Waals surface area contributed by atoms with Crippen LogP contribution in [0.25, 0.3) is 0 Å². The summed E-state index contributed by atoms with van der Waals surface area (Å²) in [6.07, 6.45) is -0.544. The predicted octanol–water partition coefficient (Wildman–Crippen LogP) is 6.81. The number of aryl methyl sites for hydroxylation is 1. The van der Waals surface area contributed by atoms with Gasteiger partial charge in [0.25, 0.3) is 10.1 Å². The van der Waals surface area contributed by atoms with Crippen molar-refractivity contribution in [1.29, 1.82) is 0 Å². The number of amides is 1. The molecule has 11 nitrogen and oxygen atoms in total. The van der Waals surface area contributed by atoms with Crippen molar-refractivity contribution in [3.05, 3.63) is 59.7 Å². The monoisotopic (exact) mass is 674 g/mol. The molecule has 2 aromatic rings. The minimum Gasteiger partial charge on any atom is -0.460 e. The number of anilines is 1. The van der Waals surface area contributed by atoms with E-state index in [9.17, 15) is 22.8 Å². The SMILES string of the molecule is Cc1ccc(S(=O)(=O)OCCCNc2ccc(C[C@@H](CC(=NC(=O)OC(C)(C)C)C(=O)OC(C)(C)C)C(=O)OC(C)(C)C)cc2)cc1. The van der Waals surface area contributed by atoms with Crippen LogP contribution >= 0.6 is 0 Å². The van der Waals surface area contributed by atoms with Crippen LogP contribution in [0.15, 0.2) is 58.4 Å². The molecule has 0 aliphatic rings. The summed E-state index contributed by atoms with van der Waals surface area (Å²) < 4.78 is 46.3. The van der Waals surface area contributed by atoms with Gasteiger partial charge in [0.1, 0.15) is 22.5 Å². The molecule has 0 saturated carbocycles. The zero-order chi connectivity index (χ0) is 35.6. The molecule has 2 aromatic carbocycles. The van der Waals surface area contributed by atoms with Gasteiger partial charge in [-0.2, -0.15) is 13.4 Å². The fourth-order valence-electron chi connectivity index (χ4n) is 4.05. The van der Waals surface area contributed by atoms with Gasteiger partial charge in [0, 0.05) is 18.7 Å². The highest BCUT2D eigenvalue weighted by molar-refractivity contribution is 7.86. The van der Waals surface area contributed by atoms with Gasteiger partial charge < -0.3 is 19.5 Å². The summed E-state index contributed by atoms with van der Waals surface area (Å²) in [5, 5.41) is 3.22. The van der Waals surface area contributed by atoms with Crippen molar-refractivity contribution in [1.82, 2.24) is 0 Å². The third-order valence-corrected chi connectivity index (χ3v) is 7.40. The van der Waals surface area contributed by atoms with Crippen LogP contribution in [0.4, 0.5) is 10.5 Å². The van der Waals surface area contributed by atoms with Gasteiger partial charge in [-0.3, -0.25) is 8.98 Å². The zero-order valence-corrected chi connectivity index (χ0v) is 30.1. The molecule has 2 rings (SSSR count). The lowest BCUT2D eigenvalue weighted by Crippen LogP contribution is -2.35. The zero-order valence-electron chi connectivity index (χ0n) is 29.3. The first-order valence-electron chi connectivity index (χ1n) is 15.6. The van der Waals surface area contributed by atoms with Crippen LogP contribution in [0.2, 0.25) is 0 Å².